The molecule has 2 N–H and O–H groups in total. The molecule has 0 saturated carbocycles. The van der Waals surface area contributed by atoms with Gasteiger partial charge in [0.05, 0.1) is 0 Å². The first kappa shape index (κ1) is 21.2. The van der Waals surface area contributed by atoms with Crippen LogP contribution in [0.1, 0.15) is 58.1 Å². The summed E-state index contributed by atoms with van der Waals surface area (Å²) in [4.78, 5) is 26.4. The zero-order valence-electron chi connectivity index (χ0n) is 17.0. The van der Waals surface area contributed by atoms with Gasteiger partial charge in [-0.25, -0.2) is 4.79 Å². The number of nitrogens with zero attached hydrogens (tertiary/aromatic N) is 1. The zero-order chi connectivity index (χ0) is 19.9. The second-order valence-electron chi connectivity index (χ2n) is 8.24. The van der Waals surface area contributed by atoms with Crippen molar-refractivity contribution in [1.82, 2.24) is 15.5 Å². The Kier molecular flexibility index (Phi) is 7.66. The molecule has 1 atom stereocenters. The average molecular weight is 376 g/mol. The van der Waals surface area contributed by atoms with E-state index in [4.69, 9.17) is 4.74 Å². The molecule has 1 aromatic rings. The van der Waals surface area contributed by atoms with Crippen LogP contribution in [-0.2, 0) is 22.6 Å². The van der Waals surface area contributed by atoms with Crippen molar-refractivity contribution in [1.29, 1.82) is 0 Å². The second-order valence-corrected chi connectivity index (χ2v) is 8.24. The minimum absolute atomic E-state index is 0.238. The highest BCUT2D eigenvalue weighted by atomic mass is 16.6. The molecule has 27 heavy (non-hydrogen) atoms. The standard InChI is InChI=1S/C21H33N3O3/c1-16(23-20(26)27-21(2,3)4)19(25)22-14-17-8-10-18(11-9-17)15-24-12-6-5-7-13-24/h8-11,16H,5-7,12-15H2,1-4H3,(H,22,25)(H,23,26). The summed E-state index contributed by atoms with van der Waals surface area (Å²) in [5.41, 5.74) is 1.75. The molecule has 150 valence electrons. The number of carbonyl (C=O) groups excluding carboxylic acids is 2. The first-order valence-corrected chi connectivity index (χ1v) is 9.80. The quantitative estimate of drug-likeness (QED) is 0.801. The van der Waals surface area contributed by atoms with Crippen LogP contribution in [-0.4, -0.2) is 41.6 Å². The number of alkyl carbamates (subject to hydrolysis) is 1. The third kappa shape index (κ3) is 7.99. The number of hydrogen-bond donors (Lipinski definition) is 2. The van der Waals surface area contributed by atoms with Gasteiger partial charge >= 0.3 is 6.09 Å². The first-order valence-electron chi connectivity index (χ1n) is 9.80. The van der Waals surface area contributed by atoms with Gasteiger partial charge in [-0.15, -0.1) is 0 Å². The largest absolute Gasteiger partial charge is 0.444 e. The molecule has 1 saturated heterocycles. The summed E-state index contributed by atoms with van der Waals surface area (Å²) < 4.78 is 5.16. The molecular weight excluding hydrogens is 342 g/mol. The summed E-state index contributed by atoms with van der Waals surface area (Å²) >= 11 is 0. The average Bonchev–Trinajstić information content (AvgIpc) is 2.60. The van der Waals surface area contributed by atoms with E-state index in [1.54, 1.807) is 27.7 Å². The summed E-state index contributed by atoms with van der Waals surface area (Å²) in [7, 11) is 0. The van der Waals surface area contributed by atoms with Crippen molar-refractivity contribution in [2.24, 2.45) is 0 Å². The maximum Gasteiger partial charge on any atom is 0.408 e. The second kappa shape index (κ2) is 9.74. The van der Waals surface area contributed by atoms with Gasteiger partial charge in [-0.2, -0.15) is 0 Å². The Labute approximate surface area is 162 Å². The van der Waals surface area contributed by atoms with E-state index in [2.05, 4.69) is 27.7 Å². The Hall–Kier alpha value is -2.08. The zero-order valence-corrected chi connectivity index (χ0v) is 17.0. The predicted molar refractivity (Wildman–Crippen MR) is 106 cm³/mol. The molecule has 0 radical (unpaired) electrons. The summed E-state index contributed by atoms with van der Waals surface area (Å²) in [6.45, 7) is 10.8. The van der Waals surface area contributed by atoms with Crippen LogP contribution in [0.2, 0.25) is 0 Å². The van der Waals surface area contributed by atoms with Gasteiger partial charge in [-0.05, 0) is 64.8 Å². The fraction of sp³-hybridized carbons (Fsp3) is 0.619. The van der Waals surface area contributed by atoms with E-state index >= 15 is 0 Å². The molecule has 6 heteroatoms. The maximum atomic E-state index is 12.2. The third-order valence-corrected chi connectivity index (χ3v) is 4.47. The minimum Gasteiger partial charge on any atom is -0.444 e. The third-order valence-electron chi connectivity index (χ3n) is 4.47. The van der Waals surface area contributed by atoms with E-state index in [1.807, 2.05) is 12.1 Å². The lowest BCUT2D eigenvalue weighted by Crippen LogP contribution is -2.46. The first-order chi connectivity index (χ1) is 12.7. The van der Waals surface area contributed by atoms with Gasteiger partial charge in [0.15, 0.2) is 0 Å². The summed E-state index contributed by atoms with van der Waals surface area (Å²) in [6.07, 6.45) is 3.34. The van der Waals surface area contributed by atoms with Crippen molar-refractivity contribution in [3.63, 3.8) is 0 Å². The van der Waals surface area contributed by atoms with E-state index in [0.29, 0.717) is 6.54 Å². The fourth-order valence-corrected chi connectivity index (χ4v) is 3.03. The molecule has 1 heterocycles. The van der Waals surface area contributed by atoms with Crippen LogP contribution in [0.5, 0.6) is 0 Å². The Morgan fingerprint density at radius 1 is 1.07 bits per heavy atom. The molecule has 2 amide bonds. The van der Waals surface area contributed by atoms with Gasteiger partial charge in [-0.1, -0.05) is 30.7 Å². The number of ether oxygens (including phenoxy) is 1. The number of piperidine rings is 1. The van der Waals surface area contributed by atoms with Crippen molar-refractivity contribution in [2.75, 3.05) is 13.1 Å². The Bertz CT molecular complexity index is 617. The molecule has 0 aliphatic carbocycles. The highest BCUT2D eigenvalue weighted by molar-refractivity contribution is 5.85. The number of benzene rings is 1. The molecule has 1 aliphatic rings. The molecule has 1 fully saturated rings. The van der Waals surface area contributed by atoms with E-state index < -0.39 is 17.7 Å². The van der Waals surface area contributed by atoms with Crippen LogP contribution < -0.4 is 10.6 Å². The smallest absolute Gasteiger partial charge is 0.408 e. The lowest BCUT2D eigenvalue weighted by Gasteiger charge is -2.26. The summed E-state index contributed by atoms with van der Waals surface area (Å²) in [6, 6.07) is 7.69. The lowest BCUT2D eigenvalue weighted by atomic mass is 10.1. The van der Waals surface area contributed by atoms with E-state index in [9.17, 15) is 9.59 Å². The molecule has 1 aliphatic heterocycles. The Morgan fingerprint density at radius 3 is 2.26 bits per heavy atom. The van der Waals surface area contributed by atoms with Crippen molar-refractivity contribution in [3.8, 4) is 0 Å². The normalized spacial score (nSPS) is 16.4. The number of hydrogen-bond acceptors (Lipinski definition) is 4. The lowest BCUT2D eigenvalue weighted by molar-refractivity contribution is -0.122. The van der Waals surface area contributed by atoms with Crippen LogP contribution in [0.25, 0.3) is 0 Å². The highest BCUT2D eigenvalue weighted by Gasteiger charge is 2.20. The highest BCUT2D eigenvalue weighted by Crippen LogP contribution is 2.13. The SMILES string of the molecule is CC(NC(=O)OC(C)(C)C)C(=O)NCc1ccc(CN2CCCCC2)cc1. The van der Waals surface area contributed by atoms with Crippen LogP contribution in [0, 0.1) is 0 Å². The molecule has 2 rings (SSSR count). The fourth-order valence-electron chi connectivity index (χ4n) is 3.03. The van der Waals surface area contributed by atoms with Gasteiger partial charge in [0.2, 0.25) is 5.91 Å². The molecule has 0 bridgehead atoms. The summed E-state index contributed by atoms with van der Waals surface area (Å²) in [5.74, 6) is -0.238. The number of likely N-dealkylation sites (tertiary alicyclic amines) is 1. The predicted octanol–water partition coefficient (Wildman–Crippen LogP) is 3.20. The van der Waals surface area contributed by atoms with Crippen LogP contribution in [0.3, 0.4) is 0 Å². The molecule has 0 aromatic heterocycles. The van der Waals surface area contributed by atoms with Crippen LogP contribution in [0.15, 0.2) is 24.3 Å². The topological polar surface area (TPSA) is 70.7 Å². The maximum absolute atomic E-state index is 12.2. The number of carbonyl (C=O) groups is 2. The molecule has 0 spiro atoms. The monoisotopic (exact) mass is 375 g/mol. The minimum atomic E-state index is -0.654. The van der Waals surface area contributed by atoms with Crippen molar-refractivity contribution in [2.45, 2.75) is 71.7 Å². The van der Waals surface area contributed by atoms with Gasteiger partial charge in [0.1, 0.15) is 11.6 Å². The Morgan fingerprint density at radius 2 is 1.67 bits per heavy atom. The molecule has 1 aromatic carbocycles. The van der Waals surface area contributed by atoms with Crippen molar-refractivity contribution < 1.29 is 14.3 Å². The number of amides is 2. The van der Waals surface area contributed by atoms with E-state index in [-0.39, 0.29) is 5.91 Å². The molecule has 6 nitrogen and oxygen atoms in total. The van der Waals surface area contributed by atoms with Crippen LogP contribution in [0.4, 0.5) is 4.79 Å². The molecular formula is C21H33N3O3. The van der Waals surface area contributed by atoms with E-state index in [0.717, 1.165) is 12.1 Å². The van der Waals surface area contributed by atoms with E-state index in [1.165, 1.54) is 37.9 Å². The Balaban J connectivity index is 1.74. The van der Waals surface area contributed by atoms with Gasteiger partial charge in [-0.3, -0.25) is 9.69 Å². The van der Waals surface area contributed by atoms with Crippen molar-refractivity contribution in [3.05, 3.63) is 35.4 Å². The van der Waals surface area contributed by atoms with Crippen LogP contribution >= 0.6 is 0 Å². The van der Waals surface area contributed by atoms with Gasteiger partial charge in [0.25, 0.3) is 0 Å². The number of rotatable bonds is 6. The van der Waals surface area contributed by atoms with Gasteiger partial charge < -0.3 is 15.4 Å². The summed E-state index contributed by atoms with van der Waals surface area (Å²) in [5, 5.41) is 5.40. The van der Waals surface area contributed by atoms with Crippen molar-refractivity contribution >= 4 is 12.0 Å². The molecule has 1 unspecified atom stereocenters. The van der Waals surface area contributed by atoms with Gasteiger partial charge in [0, 0.05) is 13.1 Å². The number of nitrogens with one attached hydrogen (secondary N) is 2.